The molecule has 1 aliphatic rings. The molecule has 2 heterocycles. The van der Waals surface area contributed by atoms with Gasteiger partial charge < -0.3 is 18.3 Å². The van der Waals surface area contributed by atoms with Crippen molar-refractivity contribution in [3.63, 3.8) is 0 Å². The first-order valence-corrected chi connectivity index (χ1v) is 10.8. The molecule has 0 bridgehead atoms. The van der Waals surface area contributed by atoms with Gasteiger partial charge in [-0.25, -0.2) is 3.15 Å². The number of aromatic nitrogens is 2. The van der Waals surface area contributed by atoms with Crippen LogP contribution in [0.4, 0.5) is 16.5 Å². The monoisotopic (exact) mass is 490 g/mol. The zero-order valence-electron chi connectivity index (χ0n) is 13.9. The molecule has 0 radical (unpaired) electrons. The molecule has 1 aliphatic heterocycles. The Kier molecular flexibility index (Phi) is 7.37. The van der Waals surface area contributed by atoms with Crippen molar-refractivity contribution in [2.75, 3.05) is 47.9 Å². The van der Waals surface area contributed by atoms with Crippen molar-refractivity contribution < 1.29 is 14.3 Å². The summed E-state index contributed by atoms with van der Waals surface area (Å²) in [6, 6.07) is 5.55. The summed E-state index contributed by atoms with van der Waals surface area (Å²) in [6.07, 6.45) is 0. The summed E-state index contributed by atoms with van der Waals surface area (Å²) < 4.78 is 17.7. The molecule has 0 saturated carbocycles. The molecule has 1 amide bonds. The summed E-state index contributed by atoms with van der Waals surface area (Å²) in [4.78, 5) is 12.3. The molecule has 1 aromatic heterocycles. The highest BCUT2D eigenvalue weighted by Gasteiger charge is 2.18. The Labute approximate surface area is 165 Å². The van der Waals surface area contributed by atoms with E-state index in [1.54, 1.807) is 11.6 Å². The molecule has 3 rings (SSSR count). The average Bonchev–Trinajstić information content (AvgIpc) is 3.30. The molecule has 0 fully saturated rings. The minimum atomic E-state index is -0.481. The van der Waals surface area contributed by atoms with Crippen molar-refractivity contribution >= 4 is 55.1 Å². The summed E-state index contributed by atoms with van der Waals surface area (Å²) in [5.41, 5.74) is 9.38. The van der Waals surface area contributed by atoms with Crippen LogP contribution in [0.3, 0.4) is 0 Å². The summed E-state index contributed by atoms with van der Waals surface area (Å²) in [6.45, 7) is 3.58. The Morgan fingerprint density at radius 2 is 2.12 bits per heavy atom. The minimum Gasteiger partial charge on any atom is -0.378 e. The fourth-order valence-corrected chi connectivity index (χ4v) is 4.54. The second-order valence-corrected chi connectivity index (χ2v) is 8.07. The molecule has 0 saturated heterocycles. The van der Waals surface area contributed by atoms with Crippen LogP contribution in [0.15, 0.2) is 26.9 Å². The number of anilines is 2. The van der Waals surface area contributed by atoms with E-state index in [2.05, 4.69) is 21.8 Å². The lowest BCUT2D eigenvalue weighted by molar-refractivity contribution is 0.0543. The van der Waals surface area contributed by atoms with Gasteiger partial charge in [0.25, 0.3) is 5.91 Å². The summed E-state index contributed by atoms with van der Waals surface area (Å²) >= 11 is 0.799. The van der Waals surface area contributed by atoms with Gasteiger partial charge in [0.15, 0.2) is 0 Å². The molecule has 1 aromatic carbocycles. The molecule has 9 nitrogen and oxygen atoms in total. The van der Waals surface area contributed by atoms with Crippen molar-refractivity contribution in [1.29, 1.82) is 0 Å². The summed E-state index contributed by atoms with van der Waals surface area (Å²) in [7, 11) is 0. The highest BCUT2D eigenvalue weighted by molar-refractivity contribution is 14.2. The standard InChI is InChI=1S/C15H19IN6O3S/c17-3-5-24-7-8-25-6-4-22-13-2-1-11(9-12(13)20-16-22)14(23)19-15-21-18-10-26-15/h1-2,9-10H,3-8,17H2,(H,19,21,23). The van der Waals surface area contributed by atoms with Gasteiger partial charge in [0, 0.05) is 12.1 Å². The van der Waals surface area contributed by atoms with E-state index >= 15 is 0 Å². The normalized spacial score (nSPS) is 12.7. The fraction of sp³-hybridized carbons (Fsp3) is 0.400. The van der Waals surface area contributed by atoms with E-state index in [0.29, 0.717) is 43.7 Å². The van der Waals surface area contributed by atoms with Crippen LogP contribution in [0.5, 0.6) is 0 Å². The van der Waals surface area contributed by atoms with Gasteiger partial charge in [0.2, 0.25) is 5.13 Å². The Balaban J connectivity index is 1.48. The van der Waals surface area contributed by atoms with Crippen molar-refractivity contribution in [2.24, 2.45) is 8.88 Å². The van der Waals surface area contributed by atoms with Gasteiger partial charge >= 0.3 is 0 Å². The average molecular weight is 490 g/mol. The van der Waals surface area contributed by atoms with E-state index in [9.17, 15) is 4.79 Å². The van der Waals surface area contributed by atoms with Gasteiger partial charge in [-0.3, -0.25) is 10.1 Å². The van der Waals surface area contributed by atoms with Crippen LogP contribution in [0, 0.1) is 0 Å². The van der Waals surface area contributed by atoms with Gasteiger partial charge in [-0.1, -0.05) is 11.3 Å². The van der Waals surface area contributed by atoms with Crippen LogP contribution in [-0.2, 0) is 9.47 Å². The minimum absolute atomic E-state index is 0.211. The molecule has 11 heteroatoms. The fourth-order valence-electron chi connectivity index (χ4n) is 2.17. The van der Waals surface area contributed by atoms with Crippen LogP contribution in [0.1, 0.15) is 10.4 Å². The molecule has 3 N–H and O–H groups in total. The van der Waals surface area contributed by atoms with E-state index in [0.717, 1.165) is 17.9 Å². The lowest BCUT2D eigenvalue weighted by atomic mass is 10.1. The molecular weight excluding hydrogens is 471 g/mol. The number of nitrogens with one attached hydrogen (secondary N) is 1. The first-order valence-electron chi connectivity index (χ1n) is 7.98. The SMILES string of the molecule is NCCOCCOCCN1I=Nc2cc(C(=O)Nc3nncs3)ccc21. The number of fused-ring (bicyclic) bond motifs is 1. The first kappa shape index (κ1) is 19.2. The van der Waals surface area contributed by atoms with Gasteiger partial charge in [0.05, 0.1) is 44.3 Å². The van der Waals surface area contributed by atoms with E-state index in [4.69, 9.17) is 15.2 Å². The van der Waals surface area contributed by atoms with Crippen LogP contribution in [-0.4, -0.2) is 55.6 Å². The quantitative estimate of drug-likeness (QED) is 0.298. The Bertz CT molecular complexity index is 758. The van der Waals surface area contributed by atoms with E-state index in [1.165, 1.54) is 11.3 Å². The maximum Gasteiger partial charge on any atom is 0.257 e. The molecule has 0 atom stereocenters. The third-order valence-electron chi connectivity index (χ3n) is 3.37. The van der Waals surface area contributed by atoms with Crippen molar-refractivity contribution in [3.8, 4) is 0 Å². The van der Waals surface area contributed by atoms with E-state index in [1.807, 2.05) is 12.1 Å². The van der Waals surface area contributed by atoms with Gasteiger partial charge in [-0.05, 0) is 18.2 Å². The molecule has 0 unspecified atom stereocenters. The topological polar surface area (TPSA) is 115 Å². The molecule has 0 spiro atoms. The van der Waals surface area contributed by atoms with Gasteiger partial charge in [0.1, 0.15) is 26.8 Å². The Morgan fingerprint density at radius 1 is 1.27 bits per heavy atom. The maximum atomic E-state index is 12.3. The second-order valence-electron chi connectivity index (χ2n) is 5.16. The number of hydrogen-bond donors (Lipinski definition) is 2. The van der Waals surface area contributed by atoms with E-state index in [-0.39, 0.29) is 5.91 Å². The molecular formula is C15H19IN6O3S. The lowest BCUT2D eigenvalue weighted by Gasteiger charge is -2.15. The number of carbonyl (C=O) groups excluding carboxylic acids is 1. The van der Waals surface area contributed by atoms with Crippen molar-refractivity contribution in [1.82, 2.24) is 10.2 Å². The first-order chi connectivity index (χ1) is 12.8. The number of benzene rings is 1. The Hall–Kier alpha value is -1.54. The number of rotatable bonds is 10. The number of nitrogens with zero attached hydrogens (tertiary/aromatic N) is 4. The van der Waals surface area contributed by atoms with Crippen LogP contribution in [0.25, 0.3) is 0 Å². The number of amides is 1. The smallest absolute Gasteiger partial charge is 0.257 e. The predicted molar refractivity (Wildman–Crippen MR) is 108 cm³/mol. The molecule has 26 heavy (non-hydrogen) atoms. The largest absolute Gasteiger partial charge is 0.378 e. The zero-order chi connectivity index (χ0) is 18.2. The molecule has 0 aliphatic carbocycles. The number of halogens is 1. The third kappa shape index (κ3) is 5.23. The van der Waals surface area contributed by atoms with Crippen molar-refractivity contribution in [3.05, 3.63) is 29.3 Å². The maximum absolute atomic E-state index is 12.3. The van der Waals surface area contributed by atoms with E-state index < -0.39 is 21.3 Å². The summed E-state index contributed by atoms with van der Waals surface area (Å²) in [5.74, 6) is -0.211. The summed E-state index contributed by atoms with van der Waals surface area (Å²) in [5, 5.41) is 10.7. The Morgan fingerprint density at radius 3 is 2.88 bits per heavy atom. The van der Waals surface area contributed by atoms with Crippen LogP contribution in [0.2, 0.25) is 0 Å². The molecule has 2 aromatic rings. The third-order valence-corrected chi connectivity index (χ3v) is 6.23. The predicted octanol–water partition coefficient (Wildman–Crippen LogP) is 2.30. The highest BCUT2D eigenvalue weighted by atomic mass is 127. The number of ether oxygens (including phenoxy) is 2. The van der Waals surface area contributed by atoms with Crippen molar-refractivity contribution in [2.45, 2.75) is 0 Å². The number of carbonyl (C=O) groups is 1. The number of hydrogen-bond acceptors (Lipinski definition) is 9. The lowest BCUT2D eigenvalue weighted by Crippen LogP contribution is -2.18. The zero-order valence-corrected chi connectivity index (χ0v) is 16.9. The second kappa shape index (κ2) is 9.97. The van der Waals surface area contributed by atoms with Crippen LogP contribution >= 0.6 is 32.6 Å². The van der Waals surface area contributed by atoms with Gasteiger partial charge in [-0.15, -0.1) is 10.2 Å². The number of nitrogens with two attached hydrogens (primary N) is 1. The molecule has 140 valence electrons. The van der Waals surface area contributed by atoms with Crippen LogP contribution < -0.4 is 14.2 Å². The van der Waals surface area contributed by atoms with Gasteiger partial charge in [-0.2, -0.15) is 0 Å². The highest BCUT2D eigenvalue weighted by Crippen LogP contribution is 2.42.